The van der Waals surface area contributed by atoms with Crippen LogP contribution in [0.3, 0.4) is 0 Å². The van der Waals surface area contributed by atoms with Crippen molar-refractivity contribution in [2.75, 3.05) is 26.2 Å². The van der Waals surface area contributed by atoms with Gasteiger partial charge in [-0.2, -0.15) is 0 Å². The molecular weight excluding hydrogens is 256 g/mol. The Kier molecular flexibility index (Phi) is 4.98. The maximum absolute atomic E-state index is 12.5. The number of aliphatic hydroxyl groups excluding tert-OH is 1. The zero-order valence-corrected chi connectivity index (χ0v) is 11.8. The molecule has 3 N–H and O–H groups in total. The van der Waals surface area contributed by atoms with Crippen LogP contribution in [0.1, 0.15) is 28.8 Å². The largest absolute Gasteiger partial charge is 0.507 e. The number of hydrogen-bond acceptors (Lipinski definition) is 4. The molecular formula is C15H22N2O3. The van der Waals surface area contributed by atoms with Crippen molar-refractivity contribution in [3.63, 3.8) is 0 Å². The van der Waals surface area contributed by atoms with E-state index in [1.165, 1.54) is 6.07 Å². The fourth-order valence-electron chi connectivity index (χ4n) is 2.57. The van der Waals surface area contributed by atoms with E-state index >= 15 is 0 Å². The lowest BCUT2D eigenvalue weighted by atomic mass is 10.1. The molecule has 1 aliphatic rings. The molecule has 1 aromatic rings. The molecule has 0 aliphatic carbocycles. The summed E-state index contributed by atoms with van der Waals surface area (Å²) in [7, 11) is 0. The van der Waals surface area contributed by atoms with Crippen molar-refractivity contribution in [1.82, 2.24) is 10.2 Å². The highest BCUT2D eigenvalue weighted by Gasteiger charge is 2.23. The Morgan fingerprint density at radius 2 is 2.30 bits per heavy atom. The number of carbonyl (C=O) groups is 1. The number of phenols is 1. The number of nitrogens with zero attached hydrogens (tertiary/aromatic N) is 1. The third-order valence-electron chi connectivity index (χ3n) is 3.64. The molecule has 0 spiro atoms. The number of nitrogens with one attached hydrogen (secondary N) is 1. The van der Waals surface area contributed by atoms with E-state index in [0.717, 1.165) is 24.9 Å². The molecule has 1 aromatic carbocycles. The Bertz CT molecular complexity index is 470. The van der Waals surface area contributed by atoms with Crippen LogP contribution in [0, 0.1) is 6.92 Å². The van der Waals surface area contributed by atoms with E-state index in [2.05, 4.69) is 5.32 Å². The minimum absolute atomic E-state index is 0.0112. The van der Waals surface area contributed by atoms with Gasteiger partial charge in [0.15, 0.2) is 0 Å². The third-order valence-corrected chi connectivity index (χ3v) is 3.64. The number of rotatable bonds is 5. The monoisotopic (exact) mass is 278 g/mol. The second-order valence-electron chi connectivity index (χ2n) is 5.29. The molecule has 0 saturated carbocycles. The summed E-state index contributed by atoms with van der Waals surface area (Å²) in [5, 5.41) is 22.4. The lowest BCUT2D eigenvalue weighted by molar-refractivity contribution is 0.0703. The zero-order chi connectivity index (χ0) is 14.5. The normalized spacial score (nSPS) is 18.2. The number of amides is 1. The summed E-state index contributed by atoms with van der Waals surface area (Å²) in [6.45, 7) is 3.62. The van der Waals surface area contributed by atoms with E-state index in [4.69, 9.17) is 5.11 Å². The van der Waals surface area contributed by atoms with Gasteiger partial charge >= 0.3 is 0 Å². The molecule has 1 unspecified atom stereocenters. The summed E-state index contributed by atoms with van der Waals surface area (Å²) in [5.41, 5.74) is 1.23. The van der Waals surface area contributed by atoms with Gasteiger partial charge in [0.1, 0.15) is 5.75 Å². The van der Waals surface area contributed by atoms with Crippen molar-refractivity contribution in [2.45, 2.75) is 25.8 Å². The maximum atomic E-state index is 12.5. The first-order valence-electron chi connectivity index (χ1n) is 7.05. The van der Waals surface area contributed by atoms with Crippen molar-refractivity contribution in [1.29, 1.82) is 0 Å². The van der Waals surface area contributed by atoms with Gasteiger partial charge in [0.05, 0.1) is 12.2 Å². The first-order chi connectivity index (χ1) is 9.61. The molecule has 1 fully saturated rings. The summed E-state index contributed by atoms with van der Waals surface area (Å²) in [6, 6.07) is 5.26. The van der Waals surface area contributed by atoms with Crippen molar-refractivity contribution in [3.05, 3.63) is 29.3 Å². The number of aryl methyl sites for hydroxylation is 1. The van der Waals surface area contributed by atoms with E-state index in [9.17, 15) is 9.90 Å². The highest BCUT2D eigenvalue weighted by Crippen LogP contribution is 2.20. The first-order valence-corrected chi connectivity index (χ1v) is 7.05. The summed E-state index contributed by atoms with van der Waals surface area (Å²) in [4.78, 5) is 14.1. The molecule has 5 heteroatoms. The summed E-state index contributed by atoms with van der Waals surface area (Å²) in [5.74, 6) is -0.239. The van der Waals surface area contributed by atoms with Crippen LogP contribution in [0.15, 0.2) is 18.2 Å². The Hall–Kier alpha value is -1.59. The second kappa shape index (κ2) is 6.72. The predicted molar refractivity (Wildman–Crippen MR) is 76.9 cm³/mol. The van der Waals surface area contributed by atoms with Gasteiger partial charge in [0.2, 0.25) is 0 Å². The van der Waals surface area contributed by atoms with Crippen molar-refractivity contribution in [3.8, 4) is 5.75 Å². The van der Waals surface area contributed by atoms with Crippen molar-refractivity contribution < 1.29 is 15.0 Å². The highest BCUT2D eigenvalue weighted by molar-refractivity contribution is 5.97. The third kappa shape index (κ3) is 3.49. The van der Waals surface area contributed by atoms with Gasteiger partial charge < -0.3 is 20.4 Å². The quantitative estimate of drug-likeness (QED) is 0.748. The molecule has 20 heavy (non-hydrogen) atoms. The number of benzene rings is 1. The number of carbonyl (C=O) groups excluding carboxylic acids is 1. The van der Waals surface area contributed by atoms with Gasteiger partial charge in [0.25, 0.3) is 5.91 Å². The summed E-state index contributed by atoms with van der Waals surface area (Å²) >= 11 is 0. The van der Waals surface area contributed by atoms with Crippen LogP contribution in [0.5, 0.6) is 5.75 Å². The average Bonchev–Trinajstić information content (AvgIpc) is 2.93. The van der Waals surface area contributed by atoms with Crippen LogP contribution in [-0.2, 0) is 0 Å². The standard InChI is InChI=1S/C15H22N2O3/c1-11-4-5-14(19)13(9-11)15(20)17(7-8-18)10-12-3-2-6-16-12/h4-5,9,12,16,18-19H,2-3,6-8,10H2,1H3. The smallest absolute Gasteiger partial charge is 0.257 e. The number of aromatic hydroxyl groups is 1. The molecule has 0 aromatic heterocycles. The second-order valence-corrected chi connectivity index (χ2v) is 5.29. The van der Waals surface area contributed by atoms with Crippen LogP contribution < -0.4 is 5.32 Å². The number of aliphatic hydroxyl groups is 1. The van der Waals surface area contributed by atoms with Crippen LogP contribution in [-0.4, -0.2) is 53.3 Å². The maximum Gasteiger partial charge on any atom is 0.257 e. The van der Waals surface area contributed by atoms with Crippen LogP contribution >= 0.6 is 0 Å². The molecule has 1 heterocycles. The SMILES string of the molecule is Cc1ccc(O)c(C(=O)N(CCO)CC2CCCN2)c1. The first kappa shape index (κ1) is 14.8. The molecule has 1 atom stereocenters. The van der Waals surface area contributed by atoms with E-state index in [0.29, 0.717) is 12.1 Å². The van der Waals surface area contributed by atoms with Gasteiger partial charge in [-0.05, 0) is 38.4 Å². The Morgan fingerprint density at radius 3 is 2.95 bits per heavy atom. The lowest BCUT2D eigenvalue weighted by Crippen LogP contribution is -2.42. The lowest BCUT2D eigenvalue weighted by Gasteiger charge is -2.25. The molecule has 110 valence electrons. The zero-order valence-electron chi connectivity index (χ0n) is 11.8. The Balaban J connectivity index is 2.14. The fraction of sp³-hybridized carbons (Fsp3) is 0.533. The van der Waals surface area contributed by atoms with E-state index in [-0.39, 0.29) is 30.9 Å². The van der Waals surface area contributed by atoms with E-state index in [1.807, 2.05) is 6.92 Å². The molecule has 2 rings (SSSR count). The van der Waals surface area contributed by atoms with Gasteiger partial charge in [-0.1, -0.05) is 11.6 Å². The molecule has 5 nitrogen and oxygen atoms in total. The Labute approximate surface area is 119 Å². The molecule has 1 saturated heterocycles. The fourth-order valence-corrected chi connectivity index (χ4v) is 2.57. The molecule has 0 radical (unpaired) electrons. The van der Waals surface area contributed by atoms with E-state index in [1.54, 1.807) is 17.0 Å². The van der Waals surface area contributed by atoms with Crippen LogP contribution in [0.25, 0.3) is 0 Å². The minimum Gasteiger partial charge on any atom is -0.507 e. The van der Waals surface area contributed by atoms with Gasteiger partial charge in [-0.15, -0.1) is 0 Å². The molecule has 0 bridgehead atoms. The van der Waals surface area contributed by atoms with Crippen LogP contribution in [0.4, 0.5) is 0 Å². The van der Waals surface area contributed by atoms with Crippen LogP contribution in [0.2, 0.25) is 0 Å². The Morgan fingerprint density at radius 1 is 1.50 bits per heavy atom. The number of phenolic OH excluding ortho intramolecular Hbond substituents is 1. The van der Waals surface area contributed by atoms with Crippen molar-refractivity contribution >= 4 is 5.91 Å². The van der Waals surface area contributed by atoms with Gasteiger partial charge in [-0.25, -0.2) is 0 Å². The average molecular weight is 278 g/mol. The van der Waals surface area contributed by atoms with E-state index < -0.39 is 0 Å². The number of hydrogen-bond donors (Lipinski definition) is 3. The minimum atomic E-state index is -0.228. The predicted octanol–water partition coefficient (Wildman–Crippen LogP) is 0.887. The van der Waals surface area contributed by atoms with Gasteiger partial charge in [-0.3, -0.25) is 4.79 Å². The summed E-state index contributed by atoms with van der Waals surface area (Å²) < 4.78 is 0. The van der Waals surface area contributed by atoms with Gasteiger partial charge in [0, 0.05) is 19.1 Å². The highest BCUT2D eigenvalue weighted by atomic mass is 16.3. The van der Waals surface area contributed by atoms with Crippen molar-refractivity contribution in [2.24, 2.45) is 0 Å². The molecule has 1 aliphatic heterocycles. The molecule has 1 amide bonds. The topological polar surface area (TPSA) is 72.8 Å². The summed E-state index contributed by atoms with van der Waals surface area (Å²) in [6.07, 6.45) is 2.15.